The van der Waals surface area contributed by atoms with E-state index in [0.717, 1.165) is 32.7 Å². The largest absolute Gasteiger partial charge is 2.00 e. The van der Waals surface area contributed by atoms with E-state index in [-0.39, 0.29) is 19.5 Å². The summed E-state index contributed by atoms with van der Waals surface area (Å²) in [7, 11) is 0. The van der Waals surface area contributed by atoms with E-state index >= 15 is 0 Å². The molecule has 0 amide bonds. The Morgan fingerprint density at radius 2 is 0.931 bits per heavy atom. The number of carboxylic acid groups (broad SMARTS) is 2. The molecule has 0 aliphatic carbocycles. The molecule has 0 atom stereocenters. The molecule has 4 nitrogen and oxygen atoms in total. The van der Waals surface area contributed by atoms with E-state index in [1.807, 2.05) is 48.5 Å². The second-order valence-corrected chi connectivity index (χ2v) is 6.53. The number of hydrogen-bond acceptors (Lipinski definition) is 4. The molecule has 0 spiro atoms. The zero-order valence-corrected chi connectivity index (χ0v) is 19.2. The predicted molar refractivity (Wildman–Crippen MR) is 106 cm³/mol. The molecule has 0 radical (unpaired) electrons. The molecule has 0 bridgehead atoms. The van der Waals surface area contributed by atoms with Gasteiger partial charge in [-0.05, 0) is 46.5 Å². The molecule has 5 heteroatoms. The summed E-state index contributed by atoms with van der Waals surface area (Å²) in [6, 6.07) is 22.2. The molecule has 0 aliphatic heterocycles. The molecular weight excluding hydrogens is 418 g/mol. The number of carbonyl (C=O) groups excluding carboxylic acids is 2. The van der Waals surface area contributed by atoms with E-state index in [0.29, 0.717) is 11.1 Å². The van der Waals surface area contributed by atoms with Crippen molar-refractivity contribution >= 4 is 33.5 Å². The number of aryl methyl sites for hydroxylation is 2. The molecule has 0 aromatic heterocycles. The maximum atomic E-state index is 10.9. The first kappa shape index (κ1) is 22.3. The van der Waals surface area contributed by atoms with Gasteiger partial charge in [0.05, 0.1) is 11.9 Å². The molecule has 140 valence electrons. The number of rotatable bonds is 2. The first-order valence-electron chi connectivity index (χ1n) is 8.79. The smallest absolute Gasteiger partial charge is 0.545 e. The Hall–Kier alpha value is -3.04. The normalized spacial score (nSPS) is 10.0. The number of fused-ring (bicyclic) bond motifs is 2. The van der Waals surface area contributed by atoms with E-state index in [2.05, 4.69) is 0 Å². The van der Waals surface area contributed by atoms with Gasteiger partial charge in [-0.2, -0.15) is 0 Å². The third kappa shape index (κ3) is 4.69. The van der Waals surface area contributed by atoms with Crippen molar-refractivity contribution in [2.45, 2.75) is 13.8 Å². The van der Waals surface area contributed by atoms with Crippen LogP contribution in [0.2, 0.25) is 0 Å². The molecule has 0 aliphatic rings. The van der Waals surface area contributed by atoms with Crippen molar-refractivity contribution in [1.82, 2.24) is 0 Å². The molecular formula is C24H18O4Zn. The van der Waals surface area contributed by atoms with Crippen molar-refractivity contribution in [3.8, 4) is 0 Å². The first-order chi connectivity index (χ1) is 13.4. The maximum absolute atomic E-state index is 10.9. The summed E-state index contributed by atoms with van der Waals surface area (Å²) in [6.45, 7) is 3.55. The molecule has 4 rings (SSSR count). The summed E-state index contributed by atoms with van der Waals surface area (Å²) in [5.74, 6) is -2.22. The summed E-state index contributed by atoms with van der Waals surface area (Å²) < 4.78 is 0. The van der Waals surface area contributed by atoms with E-state index < -0.39 is 11.9 Å². The van der Waals surface area contributed by atoms with Crippen LogP contribution in [-0.4, -0.2) is 11.9 Å². The van der Waals surface area contributed by atoms with Crippen LogP contribution in [0.15, 0.2) is 72.8 Å². The van der Waals surface area contributed by atoms with Crippen LogP contribution >= 0.6 is 0 Å². The Morgan fingerprint density at radius 1 is 0.586 bits per heavy atom. The minimum absolute atomic E-state index is 0. The number of carboxylic acids is 2. The van der Waals surface area contributed by atoms with Gasteiger partial charge in [0.2, 0.25) is 0 Å². The average molecular weight is 436 g/mol. The van der Waals surface area contributed by atoms with Crippen LogP contribution in [0.4, 0.5) is 0 Å². The topological polar surface area (TPSA) is 80.3 Å². The van der Waals surface area contributed by atoms with Crippen molar-refractivity contribution in [1.29, 1.82) is 0 Å². The van der Waals surface area contributed by atoms with Gasteiger partial charge in [-0.1, -0.05) is 72.8 Å². The number of hydrogen-bond donors (Lipinski definition) is 0. The monoisotopic (exact) mass is 434 g/mol. The van der Waals surface area contributed by atoms with Gasteiger partial charge < -0.3 is 19.8 Å². The molecule has 0 saturated carbocycles. The Balaban J connectivity index is 0.000000200. The third-order valence-electron chi connectivity index (χ3n) is 4.68. The standard InChI is InChI=1S/2C12H10O2.Zn/c2*1-8-6-7-9-4-2-3-5-10(9)11(8)12(13)14;/h2*2-7H,1H3,(H,13,14);/q;;+2/p-2. The van der Waals surface area contributed by atoms with Crippen LogP contribution in [0.25, 0.3) is 21.5 Å². The van der Waals surface area contributed by atoms with Crippen molar-refractivity contribution < 1.29 is 39.3 Å². The van der Waals surface area contributed by atoms with E-state index in [1.54, 1.807) is 38.1 Å². The van der Waals surface area contributed by atoms with Crippen molar-refractivity contribution in [2.24, 2.45) is 0 Å². The zero-order chi connectivity index (χ0) is 20.3. The van der Waals surface area contributed by atoms with E-state index in [9.17, 15) is 19.8 Å². The molecule has 0 saturated heterocycles. The number of benzene rings is 4. The summed E-state index contributed by atoms with van der Waals surface area (Å²) in [5.41, 5.74) is 2.07. The summed E-state index contributed by atoms with van der Waals surface area (Å²) in [5, 5.41) is 25.2. The molecule has 0 unspecified atom stereocenters. The number of aromatic carboxylic acids is 2. The Kier molecular flexibility index (Phi) is 7.25. The molecule has 0 N–H and O–H groups in total. The second kappa shape index (κ2) is 9.44. The summed E-state index contributed by atoms with van der Waals surface area (Å²) >= 11 is 0. The van der Waals surface area contributed by atoms with Gasteiger partial charge in [-0.15, -0.1) is 0 Å². The zero-order valence-electron chi connectivity index (χ0n) is 16.3. The van der Waals surface area contributed by atoms with Crippen LogP contribution in [0.1, 0.15) is 31.8 Å². The first-order valence-corrected chi connectivity index (χ1v) is 8.79. The SMILES string of the molecule is Cc1ccc2ccccc2c1C(=O)[O-].Cc1ccc2ccccc2c1C(=O)[O-].[Zn+2]. The predicted octanol–water partition coefficient (Wildman–Crippen LogP) is 3.02. The van der Waals surface area contributed by atoms with Crippen molar-refractivity contribution in [3.05, 3.63) is 95.1 Å². The molecule has 29 heavy (non-hydrogen) atoms. The Labute approximate surface area is 181 Å². The molecule has 0 heterocycles. The van der Waals surface area contributed by atoms with Gasteiger partial charge in [-0.3, -0.25) is 0 Å². The van der Waals surface area contributed by atoms with Crippen LogP contribution in [0.5, 0.6) is 0 Å². The van der Waals surface area contributed by atoms with Crippen molar-refractivity contribution in [2.75, 3.05) is 0 Å². The van der Waals surface area contributed by atoms with Gasteiger partial charge in [-0.25, -0.2) is 0 Å². The fraction of sp³-hybridized carbons (Fsp3) is 0.0833. The third-order valence-corrected chi connectivity index (χ3v) is 4.68. The fourth-order valence-electron chi connectivity index (χ4n) is 3.30. The average Bonchev–Trinajstić information content (AvgIpc) is 2.67. The van der Waals surface area contributed by atoms with Gasteiger partial charge in [0.15, 0.2) is 0 Å². The number of carbonyl (C=O) groups is 2. The van der Waals surface area contributed by atoms with E-state index in [4.69, 9.17) is 0 Å². The minimum Gasteiger partial charge on any atom is -0.545 e. The Morgan fingerprint density at radius 3 is 1.28 bits per heavy atom. The molecule has 4 aromatic rings. The van der Waals surface area contributed by atoms with Gasteiger partial charge in [0.1, 0.15) is 0 Å². The van der Waals surface area contributed by atoms with Gasteiger partial charge in [0, 0.05) is 11.1 Å². The summed E-state index contributed by atoms with van der Waals surface area (Å²) in [6.07, 6.45) is 0. The van der Waals surface area contributed by atoms with E-state index in [1.165, 1.54) is 0 Å². The second-order valence-electron chi connectivity index (χ2n) is 6.53. The van der Waals surface area contributed by atoms with Gasteiger partial charge >= 0.3 is 19.5 Å². The van der Waals surface area contributed by atoms with Gasteiger partial charge in [0.25, 0.3) is 0 Å². The maximum Gasteiger partial charge on any atom is 2.00 e. The van der Waals surface area contributed by atoms with Crippen LogP contribution in [-0.2, 0) is 19.5 Å². The quantitative estimate of drug-likeness (QED) is 0.453. The van der Waals surface area contributed by atoms with Crippen LogP contribution in [0, 0.1) is 13.8 Å². The minimum atomic E-state index is -1.11. The van der Waals surface area contributed by atoms with Crippen LogP contribution < -0.4 is 10.2 Å². The van der Waals surface area contributed by atoms with Crippen molar-refractivity contribution in [3.63, 3.8) is 0 Å². The Bertz CT molecular complexity index is 1100. The van der Waals surface area contributed by atoms with Crippen LogP contribution in [0.3, 0.4) is 0 Å². The summed E-state index contributed by atoms with van der Waals surface area (Å²) in [4.78, 5) is 21.8. The molecule has 4 aromatic carbocycles. The fourth-order valence-corrected chi connectivity index (χ4v) is 3.30. The molecule has 0 fully saturated rings.